The first-order valence-corrected chi connectivity index (χ1v) is 7.45. The van der Waals surface area contributed by atoms with Gasteiger partial charge in [-0.05, 0) is 30.3 Å². The number of hydrogen-bond donors (Lipinski definition) is 3. The number of carboxylic acid groups (broad SMARTS) is 1. The lowest BCUT2D eigenvalue weighted by molar-refractivity contribution is -0.141. The Labute approximate surface area is 142 Å². The molecule has 0 radical (unpaired) electrons. The van der Waals surface area contributed by atoms with Crippen LogP contribution < -0.4 is 10.6 Å². The smallest absolute Gasteiger partial charge is 0.321 e. The highest BCUT2D eigenvalue weighted by molar-refractivity contribution is 6.35. The number of halogens is 2. The summed E-state index contributed by atoms with van der Waals surface area (Å²) in [5.74, 6) is -1.05. The molecule has 122 valence electrons. The number of rotatable bonds is 7. The van der Waals surface area contributed by atoms with Crippen LogP contribution in [0, 0.1) is 0 Å². The van der Waals surface area contributed by atoms with Gasteiger partial charge < -0.3 is 14.8 Å². The summed E-state index contributed by atoms with van der Waals surface area (Å²) in [5.41, 5.74) is 0.333. The molecule has 2 aromatic rings. The van der Waals surface area contributed by atoms with Gasteiger partial charge in [-0.15, -0.1) is 0 Å². The maximum atomic E-state index is 12.0. The second-order valence-corrected chi connectivity index (χ2v) is 5.57. The van der Waals surface area contributed by atoms with E-state index in [0.717, 1.165) is 0 Å². The molecule has 6 nitrogen and oxygen atoms in total. The van der Waals surface area contributed by atoms with E-state index in [-0.39, 0.29) is 13.0 Å². The lowest BCUT2D eigenvalue weighted by Gasteiger charge is -2.14. The molecule has 3 N–H and O–H groups in total. The fourth-order valence-corrected chi connectivity index (χ4v) is 2.20. The quantitative estimate of drug-likeness (QED) is 0.708. The molecule has 1 amide bonds. The van der Waals surface area contributed by atoms with Crippen LogP contribution in [-0.4, -0.2) is 23.0 Å². The number of furan rings is 1. The van der Waals surface area contributed by atoms with Gasteiger partial charge in [-0.3, -0.25) is 14.9 Å². The van der Waals surface area contributed by atoms with E-state index in [2.05, 4.69) is 10.6 Å². The molecule has 1 heterocycles. The average molecular weight is 357 g/mol. The van der Waals surface area contributed by atoms with E-state index in [9.17, 15) is 14.7 Å². The highest BCUT2D eigenvalue weighted by Crippen LogP contribution is 2.25. The Bertz CT molecular complexity index is 689. The molecular formula is C15H14Cl2N2O4. The van der Waals surface area contributed by atoms with Gasteiger partial charge in [0.05, 0.1) is 29.9 Å². The third-order valence-electron chi connectivity index (χ3n) is 2.99. The predicted octanol–water partition coefficient (Wildman–Crippen LogP) is 3.16. The Morgan fingerprint density at radius 3 is 2.70 bits per heavy atom. The minimum Gasteiger partial charge on any atom is -0.480 e. The molecule has 2 rings (SSSR count). The Morgan fingerprint density at radius 1 is 1.26 bits per heavy atom. The van der Waals surface area contributed by atoms with Gasteiger partial charge in [0, 0.05) is 5.02 Å². The van der Waals surface area contributed by atoms with E-state index >= 15 is 0 Å². The number of anilines is 1. The molecular weight excluding hydrogens is 343 g/mol. The Kier molecular flexibility index (Phi) is 6.04. The Morgan fingerprint density at radius 2 is 2.04 bits per heavy atom. The second-order valence-electron chi connectivity index (χ2n) is 4.73. The van der Waals surface area contributed by atoms with E-state index in [1.165, 1.54) is 12.3 Å². The van der Waals surface area contributed by atoms with Crippen LogP contribution in [0.4, 0.5) is 5.69 Å². The van der Waals surface area contributed by atoms with Crippen LogP contribution in [0.2, 0.25) is 10.0 Å². The van der Waals surface area contributed by atoms with E-state index in [1.807, 2.05) is 0 Å². The van der Waals surface area contributed by atoms with Gasteiger partial charge in [0.1, 0.15) is 11.8 Å². The largest absolute Gasteiger partial charge is 0.480 e. The number of carbonyl (C=O) groups excluding carboxylic acids is 1. The molecule has 1 aromatic heterocycles. The number of nitrogens with one attached hydrogen (secondary N) is 2. The molecule has 0 spiro atoms. The van der Waals surface area contributed by atoms with Crippen molar-refractivity contribution in [2.45, 2.75) is 19.0 Å². The van der Waals surface area contributed by atoms with Gasteiger partial charge in [0.2, 0.25) is 5.91 Å². The first-order chi connectivity index (χ1) is 11.0. The summed E-state index contributed by atoms with van der Waals surface area (Å²) in [6, 6.07) is 6.97. The normalized spacial score (nSPS) is 11.9. The summed E-state index contributed by atoms with van der Waals surface area (Å²) in [6.45, 7) is 0.204. The van der Waals surface area contributed by atoms with Crippen LogP contribution in [0.1, 0.15) is 12.2 Å². The molecule has 0 fully saturated rings. The number of carboxylic acids is 1. The zero-order chi connectivity index (χ0) is 16.8. The fraction of sp³-hybridized carbons (Fsp3) is 0.200. The molecule has 0 aliphatic carbocycles. The number of amides is 1. The highest BCUT2D eigenvalue weighted by atomic mass is 35.5. The first kappa shape index (κ1) is 17.3. The monoisotopic (exact) mass is 356 g/mol. The molecule has 0 saturated carbocycles. The highest BCUT2D eigenvalue weighted by Gasteiger charge is 2.21. The average Bonchev–Trinajstić information content (AvgIpc) is 3.00. The zero-order valence-corrected chi connectivity index (χ0v) is 13.4. The first-order valence-electron chi connectivity index (χ1n) is 6.69. The van der Waals surface area contributed by atoms with Crippen molar-refractivity contribution in [3.8, 4) is 0 Å². The second kappa shape index (κ2) is 8.01. The van der Waals surface area contributed by atoms with Crippen LogP contribution in [0.15, 0.2) is 41.0 Å². The van der Waals surface area contributed by atoms with Crippen molar-refractivity contribution in [2.24, 2.45) is 0 Å². The molecule has 0 aliphatic heterocycles. The third kappa shape index (κ3) is 5.28. The van der Waals surface area contributed by atoms with Gasteiger partial charge in [-0.1, -0.05) is 23.2 Å². The van der Waals surface area contributed by atoms with Gasteiger partial charge in [-0.2, -0.15) is 0 Å². The van der Waals surface area contributed by atoms with Crippen LogP contribution in [0.3, 0.4) is 0 Å². The van der Waals surface area contributed by atoms with Gasteiger partial charge in [0.25, 0.3) is 0 Å². The van der Waals surface area contributed by atoms with Crippen molar-refractivity contribution >= 4 is 40.8 Å². The topological polar surface area (TPSA) is 91.6 Å². The van der Waals surface area contributed by atoms with Crippen molar-refractivity contribution in [1.29, 1.82) is 0 Å². The molecule has 0 saturated heterocycles. The maximum Gasteiger partial charge on any atom is 0.321 e. The van der Waals surface area contributed by atoms with Gasteiger partial charge in [0.15, 0.2) is 0 Å². The minimum absolute atomic E-state index is 0.204. The van der Waals surface area contributed by atoms with Crippen molar-refractivity contribution in [2.75, 3.05) is 5.32 Å². The number of aliphatic carboxylic acids is 1. The summed E-state index contributed by atoms with van der Waals surface area (Å²) in [7, 11) is 0. The Hall–Kier alpha value is -2.02. The lowest BCUT2D eigenvalue weighted by Crippen LogP contribution is -2.39. The van der Waals surface area contributed by atoms with Crippen molar-refractivity contribution in [3.63, 3.8) is 0 Å². The zero-order valence-electron chi connectivity index (χ0n) is 11.9. The summed E-state index contributed by atoms with van der Waals surface area (Å²) in [5, 5.41) is 15.2. The fourth-order valence-electron chi connectivity index (χ4n) is 1.86. The number of hydrogen-bond acceptors (Lipinski definition) is 4. The summed E-state index contributed by atoms with van der Waals surface area (Å²) in [4.78, 5) is 23.3. The summed E-state index contributed by atoms with van der Waals surface area (Å²) in [6.07, 6.45) is 1.22. The predicted molar refractivity (Wildman–Crippen MR) is 86.7 cm³/mol. The standard InChI is InChI=1S/C15H14Cl2N2O4/c16-9-3-4-11(17)12(6-9)19-14(20)7-13(15(21)22)18-8-10-2-1-5-23-10/h1-6,13,18H,7-8H2,(H,19,20)(H,21,22)/t13-/m1/s1. The van der Waals surface area contributed by atoms with Gasteiger partial charge >= 0.3 is 5.97 Å². The van der Waals surface area contributed by atoms with Gasteiger partial charge in [-0.25, -0.2) is 0 Å². The van der Waals surface area contributed by atoms with E-state index in [4.69, 9.17) is 27.6 Å². The van der Waals surface area contributed by atoms with E-state index in [0.29, 0.717) is 21.5 Å². The molecule has 0 bridgehead atoms. The molecule has 1 aromatic carbocycles. The number of carbonyl (C=O) groups is 2. The van der Waals surface area contributed by atoms with E-state index in [1.54, 1.807) is 24.3 Å². The van der Waals surface area contributed by atoms with Crippen LogP contribution in [0.25, 0.3) is 0 Å². The van der Waals surface area contributed by atoms with E-state index < -0.39 is 17.9 Å². The minimum atomic E-state index is -1.14. The molecule has 1 atom stereocenters. The molecule has 23 heavy (non-hydrogen) atoms. The Balaban J connectivity index is 1.94. The van der Waals surface area contributed by atoms with Crippen LogP contribution in [0.5, 0.6) is 0 Å². The SMILES string of the molecule is O=C(C[C@@H](NCc1ccco1)C(=O)O)Nc1cc(Cl)ccc1Cl. The van der Waals surface area contributed by atoms with Crippen LogP contribution >= 0.6 is 23.2 Å². The maximum absolute atomic E-state index is 12.0. The van der Waals surface area contributed by atoms with Crippen molar-refractivity contribution in [1.82, 2.24) is 5.32 Å². The molecule has 8 heteroatoms. The third-order valence-corrected chi connectivity index (χ3v) is 3.56. The van der Waals surface area contributed by atoms with Crippen LogP contribution in [-0.2, 0) is 16.1 Å². The summed E-state index contributed by atoms with van der Waals surface area (Å²) < 4.78 is 5.11. The summed E-state index contributed by atoms with van der Waals surface area (Å²) >= 11 is 11.8. The lowest BCUT2D eigenvalue weighted by atomic mass is 10.2. The molecule has 0 aliphatic rings. The van der Waals surface area contributed by atoms with Crippen molar-refractivity contribution < 1.29 is 19.1 Å². The molecule has 0 unspecified atom stereocenters. The number of benzene rings is 1. The van der Waals surface area contributed by atoms with Crippen molar-refractivity contribution in [3.05, 3.63) is 52.4 Å².